The van der Waals surface area contributed by atoms with Crippen molar-refractivity contribution in [3.05, 3.63) is 0 Å². The molecule has 0 bridgehead atoms. The minimum absolute atomic E-state index is 0.134. The lowest BCUT2D eigenvalue weighted by atomic mass is 9.85. The SMILES string of the molecule is CC1SCCN(C(=O)NC2COCC2(C)C(=O)O)C1C. The Hall–Kier alpha value is -0.950. The first kappa shape index (κ1) is 15.4. The minimum Gasteiger partial charge on any atom is -0.481 e. The van der Waals surface area contributed by atoms with Crippen LogP contribution in [-0.4, -0.2) is 64.9 Å². The van der Waals surface area contributed by atoms with Crippen molar-refractivity contribution < 1.29 is 19.4 Å². The molecule has 2 aliphatic heterocycles. The molecular formula is C13H22N2O4S. The van der Waals surface area contributed by atoms with Gasteiger partial charge in [-0.25, -0.2) is 4.79 Å². The normalized spacial score (nSPS) is 37.8. The van der Waals surface area contributed by atoms with Crippen LogP contribution in [0.2, 0.25) is 0 Å². The number of hydrogen-bond acceptors (Lipinski definition) is 4. The second-order valence-corrected chi connectivity index (χ2v) is 7.23. The van der Waals surface area contributed by atoms with Crippen LogP contribution in [0.3, 0.4) is 0 Å². The van der Waals surface area contributed by atoms with E-state index in [1.807, 2.05) is 18.7 Å². The third kappa shape index (κ3) is 2.74. The molecule has 2 N–H and O–H groups in total. The first-order valence-electron chi connectivity index (χ1n) is 6.86. The number of rotatable bonds is 2. The van der Waals surface area contributed by atoms with Gasteiger partial charge in [-0.1, -0.05) is 6.92 Å². The lowest BCUT2D eigenvalue weighted by Crippen LogP contribution is -2.57. The Morgan fingerprint density at radius 1 is 1.45 bits per heavy atom. The van der Waals surface area contributed by atoms with Crippen molar-refractivity contribution in [1.29, 1.82) is 0 Å². The fourth-order valence-electron chi connectivity index (χ4n) is 2.54. The van der Waals surface area contributed by atoms with E-state index in [1.165, 1.54) is 0 Å². The Morgan fingerprint density at radius 2 is 2.15 bits per heavy atom. The Kier molecular flexibility index (Phi) is 4.49. The highest BCUT2D eigenvalue weighted by Crippen LogP contribution is 2.30. The fourth-order valence-corrected chi connectivity index (χ4v) is 3.64. The van der Waals surface area contributed by atoms with Gasteiger partial charge in [-0.15, -0.1) is 0 Å². The number of nitrogens with one attached hydrogen (secondary N) is 1. The maximum atomic E-state index is 12.4. The van der Waals surface area contributed by atoms with Crippen LogP contribution in [0.4, 0.5) is 4.79 Å². The molecule has 0 aromatic carbocycles. The molecule has 2 aliphatic rings. The molecule has 0 aromatic heterocycles. The van der Waals surface area contributed by atoms with Gasteiger partial charge >= 0.3 is 12.0 Å². The molecule has 4 unspecified atom stereocenters. The number of ether oxygens (including phenoxy) is 1. The van der Waals surface area contributed by atoms with E-state index in [9.17, 15) is 14.7 Å². The summed E-state index contributed by atoms with van der Waals surface area (Å²) in [4.78, 5) is 25.5. The zero-order chi connectivity index (χ0) is 14.9. The summed E-state index contributed by atoms with van der Waals surface area (Å²) in [7, 11) is 0. The predicted octanol–water partition coefficient (Wildman–Crippen LogP) is 1.01. The smallest absolute Gasteiger partial charge is 0.318 e. The van der Waals surface area contributed by atoms with Gasteiger partial charge in [0.2, 0.25) is 0 Å². The summed E-state index contributed by atoms with van der Waals surface area (Å²) >= 11 is 1.85. The van der Waals surface area contributed by atoms with E-state index < -0.39 is 17.4 Å². The summed E-state index contributed by atoms with van der Waals surface area (Å²) < 4.78 is 5.25. The van der Waals surface area contributed by atoms with Crippen LogP contribution in [0.15, 0.2) is 0 Å². The summed E-state index contributed by atoms with van der Waals surface area (Å²) in [6.07, 6.45) is 0. The molecule has 0 spiro atoms. The Balaban J connectivity index is 2.02. The van der Waals surface area contributed by atoms with E-state index in [0.29, 0.717) is 11.8 Å². The first-order valence-corrected chi connectivity index (χ1v) is 7.91. The molecule has 2 amide bonds. The van der Waals surface area contributed by atoms with Crippen LogP contribution >= 0.6 is 11.8 Å². The van der Waals surface area contributed by atoms with Gasteiger partial charge in [-0.2, -0.15) is 11.8 Å². The van der Waals surface area contributed by atoms with E-state index >= 15 is 0 Å². The molecule has 0 saturated carbocycles. The number of carboxylic acid groups (broad SMARTS) is 1. The number of carboxylic acids is 1. The Morgan fingerprint density at radius 3 is 2.80 bits per heavy atom. The van der Waals surface area contributed by atoms with Gasteiger partial charge in [0.1, 0.15) is 5.41 Å². The largest absolute Gasteiger partial charge is 0.481 e. The molecule has 6 nitrogen and oxygen atoms in total. The van der Waals surface area contributed by atoms with Crippen molar-refractivity contribution in [3.63, 3.8) is 0 Å². The molecule has 2 rings (SSSR count). The third-order valence-corrected chi connectivity index (χ3v) is 5.72. The zero-order valence-corrected chi connectivity index (χ0v) is 12.9. The monoisotopic (exact) mass is 302 g/mol. The van der Waals surface area contributed by atoms with E-state index in [4.69, 9.17) is 4.74 Å². The Bertz CT molecular complexity index is 406. The molecule has 2 heterocycles. The van der Waals surface area contributed by atoms with Gasteiger partial charge in [0.15, 0.2) is 0 Å². The van der Waals surface area contributed by atoms with Crippen LogP contribution in [0, 0.1) is 5.41 Å². The number of aliphatic carboxylic acids is 1. The maximum Gasteiger partial charge on any atom is 0.318 e. The number of urea groups is 1. The number of amides is 2. The second kappa shape index (κ2) is 5.81. The van der Waals surface area contributed by atoms with Gasteiger partial charge in [0, 0.05) is 23.6 Å². The Labute approximate surface area is 123 Å². The van der Waals surface area contributed by atoms with E-state index in [0.717, 1.165) is 5.75 Å². The number of carbonyl (C=O) groups is 2. The van der Waals surface area contributed by atoms with Crippen LogP contribution in [0.25, 0.3) is 0 Å². The fraction of sp³-hybridized carbons (Fsp3) is 0.846. The zero-order valence-electron chi connectivity index (χ0n) is 12.1. The van der Waals surface area contributed by atoms with Crippen molar-refractivity contribution in [3.8, 4) is 0 Å². The highest BCUT2D eigenvalue weighted by atomic mass is 32.2. The standard InChI is InChI=1S/C13H22N2O4S/c1-8-9(2)20-5-4-15(8)12(18)14-10-6-19-7-13(10,3)11(16)17/h8-10H,4-7H2,1-3H3,(H,14,18)(H,16,17). The van der Waals surface area contributed by atoms with Crippen molar-refractivity contribution in [2.24, 2.45) is 5.41 Å². The van der Waals surface area contributed by atoms with Gasteiger partial charge in [0.05, 0.1) is 19.3 Å². The minimum atomic E-state index is -1.05. The molecule has 7 heteroatoms. The molecule has 4 atom stereocenters. The van der Waals surface area contributed by atoms with Crippen molar-refractivity contribution in [2.75, 3.05) is 25.5 Å². The summed E-state index contributed by atoms with van der Waals surface area (Å²) in [5.41, 5.74) is -1.05. The van der Waals surface area contributed by atoms with Crippen LogP contribution in [0.5, 0.6) is 0 Å². The van der Waals surface area contributed by atoms with Gasteiger partial charge in [-0.3, -0.25) is 4.79 Å². The summed E-state index contributed by atoms with van der Waals surface area (Å²) in [6, 6.07) is -0.524. The molecule has 0 aliphatic carbocycles. The van der Waals surface area contributed by atoms with E-state index in [1.54, 1.807) is 11.8 Å². The topological polar surface area (TPSA) is 78.9 Å². The van der Waals surface area contributed by atoms with E-state index in [2.05, 4.69) is 12.2 Å². The third-order valence-electron chi connectivity index (χ3n) is 4.39. The second-order valence-electron chi connectivity index (χ2n) is 5.75. The quantitative estimate of drug-likeness (QED) is 0.796. The van der Waals surface area contributed by atoms with Crippen LogP contribution < -0.4 is 5.32 Å². The molecule has 0 radical (unpaired) electrons. The lowest BCUT2D eigenvalue weighted by Gasteiger charge is -2.38. The molecule has 2 saturated heterocycles. The number of carbonyl (C=O) groups excluding carboxylic acids is 1. The van der Waals surface area contributed by atoms with Crippen molar-refractivity contribution in [2.45, 2.75) is 38.1 Å². The van der Waals surface area contributed by atoms with E-state index in [-0.39, 0.29) is 25.3 Å². The van der Waals surface area contributed by atoms with Gasteiger partial charge < -0.3 is 20.1 Å². The molecule has 2 fully saturated rings. The van der Waals surface area contributed by atoms with Crippen molar-refractivity contribution in [1.82, 2.24) is 10.2 Å². The average Bonchev–Trinajstić information content (AvgIpc) is 2.75. The molecule has 114 valence electrons. The first-order chi connectivity index (χ1) is 9.36. The van der Waals surface area contributed by atoms with Gasteiger partial charge in [-0.05, 0) is 13.8 Å². The number of nitrogens with zero attached hydrogens (tertiary/aromatic N) is 1. The molecule has 20 heavy (non-hydrogen) atoms. The summed E-state index contributed by atoms with van der Waals surface area (Å²) in [5, 5.41) is 12.5. The van der Waals surface area contributed by atoms with Gasteiger partial charge in [0.25, 0.3) is 0 Å². The maximum absolute atomic E-state index is 12.4. The predicted molar refractivity (Wildman–Crippen MR) is 77.0 cm³/mol. The number of thioether (sulfide) groups is 1. The van der Waals surface area contributed by atoms with Crippen LogP contribution in [0.1, 0.15) is 20.8 Å². The highest BCUT2D eigenvalue weighted by Gasteiger charge is 2.48. The number of hydrogen-bond donors (Lipinski definition) is 2. The lowest BCUT2D eigenvalue weighted by molar-refractivity contribution is -0.148. The van der Waals surface area contributed by atoms with Crippen molar-refractivity contribution >= 4 is 23.8 Å². The molecular weight excluding hydrogens is 280 g/mol. The summed E-state index contributed by atoms with van der Waals surface area (Å²) in [5.74, 6) is -0.0213. The van der Waals surface area contributed by atoms with Crippen LogP contribution in [-0.2, 0) is 9.53 Å². The molecule has 0 aromatic rings. The summed E-state index contributed by atoms with van der Waals surface area (Å²) in [6.45, 7) is 6.83. The highest BCUT2D eigenvalue weighted by molar-refractivity contribution is 8.00. The average molecular weight is 302 g/mol.